The number of benzene rings is 2. The Morgan fingerprint density at radius 1 is 0.900 bits per heavy atom. The number of hydrogen-bond acceptors (Lipinski definition) is 3. The Morgan fingerprint density at radius 3 is 2.10 bits per heavy atom. The van der Waals surface area contributed by atoms with Gasteiger partial charge in [0.15, 0.2) is 0 Å². The van der Waals surface area contributed by atoms with Gasteiger partial charge in [0, 0.05) is 6.54 Å². The van der Waals surface area contributed by atoms with E-state index >= 15 is 0 Å². The monoisotopic (exact) mass is 269 g/mol. The molecule has 3 nitrogen and oxygen atoms in total. The van der Waals surface area contributed by atoms with Gasteiger partial charge in [-0.2, -0.15) is 0 Å². The Morgan fingerprint density at radius 2 is 1.50 bits per heavy atom. The first-order chi connectivity index (χ1) is 9.78. The van der Waals surface area contributed by atoms with E-state index in [4.69, 9.17) is 15.2 Å². The van der Waals surface area contributed by atoms with Gasteiger partial charge in [0.2, 0.25) is 0 Å². The molecule has 0 aromatic heterocycles. The molecule has 2 N–H and O–H groups in total. The zero-order valence-electron chi connectivity index (χ0n) is 11.4. The van der Waals surface area contributed by atoms with Crippen molar-refractivity contribution >= 4 is 0 Å². The van der Waals surface area contributed by atoms with Gasteiger partial charge in [0.1, 0.15) is 24.7 Å². The first-order valence-electron chi connectivity index (χ1n) is 6.54. The van der Waals surface area contributed by atoms with Crippen LogP contribution in [0.2, 0.25) is 0 Å². The highest BCUT2D eigenvalue weighted by atomic mass is 16.5. The maximum atomic E-state index is 5.70. The maximum absolute atomic E-state index is 5.70. The minimum atomic E-state index is 0.443. The lowest BCUT2D eigenvalue weighted by atomic mass is 10.2. The predicted molar refractivity (Wildman–Crippen MR) is 80.9 cm³/mol. The SMILES string of the molecule is C=C(CN)COc1ccc(OCc2ccccc2)cc1. The van der Waals surface area contributed by atoms with E-state index in [2.05, 4.69) is 6.58 Å². The van der Waals surface area contributed by atoms with E-state index in [9.17, 15) is 0 Å². The third-order valence-electron chi connectivity index (χ3n) is 2.80. The minimum Gasteiger partial charge on any atom is -0.489 e. The summed E-state index contributed by atoms with van der Waals surface area (Å²) < 4.78 is 11.2. The van der Waals surface area contributed by atoms with Crippen LogP contribution in [0.5, 0.6) is 11.5 Å². The molecule has 3 heteroatoms. The van der Waals surface area contributed by atoms with E-state index in [1.807, 2.05) is 54.6 Å². The molecule has 0 atom stereocenters. The first-order valence-corrected chi connectivity index (χ1v) is 6.54. The molecule has 0 saturated carbocycles. The van der Waals surface area contributed by atoms with Crippen LogP contribution in [0.25, 0.3) is 0 Å². The highest BCUT2D eigenvalue weighted by molar-refractivity contribution is 5.31. The van der Waals surface area contributed by atoms with Gasteiger partial charge in [-0.1, -0.05) is 36.9 Å². The summed E-state index contributed by atoms with van der Waals surface area (Å²) in [7, 11) is 0. The van der Waals surface area contributed by atoms with Crippen LogP contribution >= 0.6 is 0 Å². The molecule has 0 aliphatic carbocycles. The van der Waals surface area contributed by atoms with Crippen molar-refractivity contribution in [2.45, 2.75) is 6.61 Å². The van der Waals surface area contributed by atoms with E-state index in [0.29, 0.717) is 19.8 Å². The second kappa shape index (κ2) is 7.36. The molecule has 20 heavy (non-hydrogen) atoms. The molecule has 104 valence electrons. The van der Waals surface area contributed by atoms with Gasteiger partial charge in [-0.05, 0) is 35.4 Å². The lowest BCUT2D eigenvalue weighted by Gasteiger charge is -2.09. The van der Waals surface area contributed by atoms with E-state index in [1.54, 1.807) is 0 Å². The third kappa shape index (κ3) is 4.44. The molecule has 0 aliphatic rings. The molecular formula is C17H19NO2. The molecule has 0 amide bonds. The van der Waals surface area contributed by atoms with Crippen molar-refractivity contribution in [2.24, 2.45) is 5.73 Å². The lowest BCUT2D eigenvalue weighted by Crippen LogP contribution is -2.09. The summed E-state index contributed by atoms with van der Waals surface area (Å²) in [6.45, 7) is 5.24. The fourth-order valence-electron chi connectivity index (χ4n) is 1.62. The molecule has 0 spiro atoms. The smallest absolute Gasteiger partial charge is 0.120 e. The quantitative estimate of drug-likeness (QED) is 0.785. The van der Waals surface area contributed by atoms with Crippen LogP contribution in [0, 0.1) is 0 Å². The largest absolute Gasteiger partial charge is 0.489 e. The highest BCUT2D eigenvalue weighted by Crippen LogP contribution is 2.19. The van der Waals surface area contributed by atoms with Gasteiger partial charge in [-0.25, -0.2) is 0 Å². The number of hydrogen-bond donors (Lipinski definition) is 1. The maximum Gasteiger partial charge on any atom is 0.120 e. The molecule has 0 unspecified atom stereocenters. The van der Waals surface area contributed by atoms with Gasteiger partial charge < -0.3 is 15.2 Å². The Kier molecular flexibility index (Phi) is 5.21. The van der Waals surface area contributed by atoms with Gasteiger partial charge in [0.25, 0.3) is 0 Å². The van der Waals surface area contributed by atoms with Crippen LogP contribution in [-0.4, -0.2) is 13.2 Å². The molecule has 0 saturated heterocycles. The molecule has 2 aromatic rings. The Hall–Kier alpha value is -2.26. The zero-order chi connectivity index (χ0) is 14.2. The fraction of sp³-hybridized carbons (Fsp3) is 0.176. The van der Waals surface area contributed by atoms with Crippen LogP contribution < -0.4 is 15.2 Å². The average molecular weight is 269 g/mol. The summed E-state index contributed by atoms with van der Waals surface area (Å²) in [5.74, 6) is 1.60. The molecule has 0 aliphatic heterocycles. The summed E-state index contributed by atoms with van der Waals surface area (Å²) in [4.78, 5) is 0. The summed E-state index contributed by atoms with van der Waals surface area (Å²) in [5, 5.41) is 0. The van der Waals surface area contributed by atoms with Crippen LogP contribution in [0.4, 0.5) is 0 Å². The van der Waals surface area contributed by atoms with Gasteiger partial charge in [0.05, 0.1) is 0 Å². The summed E-state index contributed by atoms with van der Waals surface area (Å²) in [5.41, 5.74) is 7.47. The van der Waals surface area contributed by atoms with Crippen molar-refractivity contribution in [3.63, 3.8) is 0 Å². The second-order valence-corrected chi connectivity index (χ2v) is 4.49. The van der Waals surface area contributed by atoms with Crippen molar-refractivity contribution in [3.05, 3.63) is 72.3 Å². The Balaban J connectivity index is 1.84. The average Bonchev–Trinajstić information content (AvgIpc) is 2.52. The predicted octanol–water partition coefficient (Wildman–Crippen LogP) is 3.16. The lowest BCUT2D eigenvalue weighted by molar-refractivity contribution is 0.304. The van der Waals surface area contributed by atoms with Crippen LogP contribution in [0.1, 0.15) is 5.56 Å². The van der Waals surface area contributed by atoms with Crippen molar-refractivity contribution in [1.29, 1.82) is 0 Å². The Labute approximate surface area is 119 Å². The molecule has 0 fully saturated rings. The summed E-state index contributed by atoms with van der Waals surface area (Å²) in [6, 6.07) is 17.6. The minimum absolute atomic E-state index is 0.443. The molecular weight excluding hydrogens is 250 g/mol. The van der Waals surface area contributed by atoms with Crippen molar-refractivity contribution in [2.75, 3.05) is 13.2 Å². The first kappa shape index (κ1) is 14.2. The van der Waals surface area contributed by atoms with Crippen LogP contribution in [0.15, 0.2) is 66.7 Å². The molecule has 0 bridgehead atoms. The zero-order valence-corrected chi connectivity index (χ0v) is 11.4. The number of ether oxygens (including phenoxy) is 2. The van der Waals surface area contributed by atoms with E-state index in [0.717, 1.165) is 22.6 Å². The van der Waals surface area contributed by atoms with Crippen molar-refractivity contribution in [1.82, 2.24) is 0 Å². The van der Waals surface area contributed by atoms with Gasteiger partial charge in [-0.3, -0.25) is 0 Å². The highest BCUT2D eigenvalue weighted by Gasteiger charge is 1.98. The molecule has 0 heterocycles. The van der Waals surface area contributed by atoms with E-state index in [1.165, 1.54) is 0 Å². The third-order valence-corrected chi connectivity index (χ3v) is 2.80. The number of rotatable bonds is 7. The molecule has 2 aromatic carbocycles. The normalized spacial score (nSPS) is 10.1. The fourth-order valence-corrected chi connectivity index (χ4v) is 1.62. The van der Waals surface area contributed by atoms with Gasteiger partial charge >= 0.3 is 0 Å². The summed E-state index contributed by atoms with van der Waals surface area (Å²) >= 11 is 0. The molecule has 0 radical (unpaired) electrons. The van der Waals surface area contributed by atoms with Gasteiger partial charge in [-0.15, -0.1) is 0 Å². The van der Waals surface area contributed by atoms with Crippen LogP contribution in [-0.2, 0) is 6.61 Å². The molecule has 2 rings (SSSR count). The van der Waals surface area contributed by atoms with E-state index in [-0.39, 0.29) is 0 Å². The van der Waals surface area contributed by atoms with E-state index < -0.39 is 0 Å². The van der Waals surface area contributed by atoms with Crippen molar-refractivity contribution < 1.29 is 9.47 Å². The van der Waals surface area contributed by atoms with Crippen LogP contribution in [0.3, 0.4) is 0 Å². The second-order valence-electron chi connectivity index (χ2n) is 4.49. The topological polar surface area (TPSA) is 44.5 Å². The van der Waals surface area contributed by atoms with Crippen molar-refractivity contribution in [3.8, 4) is 11.5 Å². The summed E-state index contributed by atoms with van der Waals surface area (Å²) in [6.07, 6.45) is 0. The number of nitrogens with two attached hydrogens (primary N) is 1. The standard InChI is InChI=1S/C17H19NO2/c1-14(11-18)12-19-16-7-9-17(10-8-16)20-13-15-5-3-2-4-6-15/h2-10H,1,11-13,18H2. The Bertz CT molecular complexity index is 535.